The van der Waals surface area contributed by atoms with E-state index in [-0.39, 0.29) is 5.97 Å². The lowest BCUT2D eigenvalue weighted by Crippen LogP contribution is -2.07. The molecule has 116 valence electrons. The normalized spacial score (nSPS) is 15.5. The van der Waals surface area contributed by atoms with Crippen LogP contribution in [0, 0.1) is 0 Å². The second-order valence-electron chi connectivity index (χ2n) is 5.49. The van der Waals surface area contributed by atoms with E-state index in [1.165, 1.54) is 0 Å². The van der Waals surface area contributed by atoms with Gasteiger partial charge in [-0.15, -0.1) is 0 Å². The first-order valence-corrected chi connectivity index (χ1v) is 7.59. The van der Waals surface area contributed by atoms with Crippen molar-refractivity contribution < 1.29 is 9.53 Å². The quantitative estimate of drug-likeness (QED) is 0.619. The molecule has 1 aliphatic heterocycles. The molecule has 3 nitrogen and oxygen atoms in total. The second-order valence-corrected chi connectivity index (χ2v) is 5.93. The summed E-state index contributed by atoms with van der Waals surface area (Å²) in [6.45, 7) is 0. The third-order valence-electron chi connectivity index (χ3n) is 3.59. The van der Waals surface area contributed by atoms with Crippen LogP contribution in [-0.4, -0.2) is 20.1 Å². The lowest BCUT2D eigenvalue weighted by Gasteiger charge is -2.11. The van der Waals surface area contributed by atoms with Crippen LogP contribution < -0.4 is 4.90 Å². The van der Waals surface area contributed by atoms with Crippen LogP contribution in [0.3, 0.4) is 0 Å². The number of halogens is 1. The smallest absolute Gasteiger partial charge is 0.343 e. The lowest BCUT2D eigenvalue weighted by atomic mass is 10.1. The molecule has 0 spiro atoms. The molecule has 0 bridgehead atoms. The Morgan fingerprint density at radius 2 is 1.65 bits per heavy atom. The molecular formula is C19H16ClNO2. The number of anilines is 1. The fourth-order valence-corrected chi connectivity index (χ4v) is 2.42. The SMILES string of the molecule is CN(C)c1ccc(/C=C2\C=C(c3ccc(Cl)cc3)OC2=O)cc1. The molecule has 2 aromatic carbocycles. The topological polar surface area (TPSA) is 29.5 Å². The lowest BCUT2D eigenvalue weighted by molar-refractivity contribution is -0.130. The van der Waals surface area contributed by atoms with Crippen LogP contribution in [0.1, 0.15) is 11.1 Å². The summed E-state index contributed by atoms with van der Waals surface area (Å²) in [5.41, 5.74) is 3.43. The molecule has 0 amide bonds. The van der Waals surface area contributed by atoms with E-state index in [9.17, 15) is 4.79 Å². The third-order valence-corrected chi connectivity index (χ3v) is 3.84. The average molecular weight is 326 g/mol. The van der Waals surface area contributed by atoms with Gasteiger partial charge in [0.05, 0.1) is 5.57 Å². The maximum absolute atomic E-state index is 12.0. The number of benzene rings is 2. The van der Waals surface area contributed by atoms with Crippen LogP contribution in [0.2, 0.25) is 5.02 Å². The second kappa shape index (κ2) is 6.31. The summed E-state index contributed by atoms with van der Waals surface area (Å²) in [6, 6.07) is 15.2. The third kappa shape index (κ3) is 3.46. The van der Waals surface area contributed by atoms with Crippen LogP contribution in [0.4, 0.5) is 5.69 Å². The number of cyclic esters (lactones) is 1. The van der Waals surface area contributed by atoms with Gasteiger partial charge in [-0.3, -0.25) is 0 Å². The predicted molar refractivity (Wildman–Crippen MR) is 94.3 cm³/mol. The largest absolute Gasteiger partial charge is 0.422 e. The highest BCUT2D eigenvalue weighted by molar-refractivity contribution is 6.30. The fraction of sp³-hybridized carbons (Fsp3) is 0.105. The highest BCUT2D eigenvalue weighted by Crippen LogP contribution is 2.28. The van der Waals surface area contributed by atoms with E-state index in [1.807, 2.05) is 61.5 Å². The van der Waals surface area contributed by atoms with Gasteiger partial charge in [-0.25, -0.2) is 4.79 Å². The summed E-state index contributed by atoms with van der Waals surface area (Å²) < 4.78 is 5.34. The van der Waals surface area contributed by atoms with Gasteiger partial charge in [-0.05, 0) is 54.1 Å². The van der Waals surface area contributed by atoms with Crippen LogP contribution in [0.5, 0.6) is 0 Å². The molecule has 1 heterocycles. The Morgan fingerprint density at radius 3 is 2.26 bits per heavy atom. The van der Waals surface area contributed by atoms with Gasteiger partial charge in [0.15, 0.2) is 0 Å². The molecule has 3 rings (SSSR count). The monoisotopic (exact) mass is 325 g/mol. The Balaban J connectivity index is 1.87. The van der Waals surface area contributed by atoms with Gasteiger partial charge in [0.1, 0.15) is 5.76 Å². The summed E-state index contributed by atoms with van der Waals surface area (Å²) in [5, 5.41) is 0.649. The molecule has 1 aliphatic rings. The van der Waals surface area contributed by atoms with Crippen LogP contribution in [-0.2, 0) is 9.53 Å². The average Bonchev–Trinajstić information content (AvgIpc) is 2.89. The number of nitrogens with zero attached hydrogens (tertiary/aromatic N) is 1. The van der Waals surface area contributed by atoms with Gasteiger partial charge in [0, 0.05) is 30.4 Å². The summed E-state index contributed by atoms with van der Waals surface area (Å²) in [7, 11) is 3.98. The van der Waals surface area contributed by atoms with Gasteiger partial charge < -0.3 is 9.64 Å². The number of carbonyl (C=O) groups is 1. The first-order valence-electron chi connectivity index (χ1n) is 7.22. The van der Waals surface area contributed by atoms with E-state index in [0.717, 1.165) is 16.8 Å². The van der Waals surface area contributed by atoms with Crippen molar-refractivity contribution in [3.05, 3.63) is 76.3 Å². The van der Waals surface area contributed by atoms with E-state index < -0.39 is 0 Å². The van der Waals surface area contributed by atoms with Crippen molar-refractivity contribution >= 4 is 35.1 Å². The molecular weight excluding hydrogens is 310 g/mol. The van der Waals surface area contributed by atoms with E-state index >= 15 is 0 Å². The zero-order valence-corrected chi connectivity index (χ0v) is 13.7. The molecule has 0 aliphatic carbocycles. The summed E-state index contributed by atoms with van der Waals surface area (Å²) in [5.74, 6) is 0.203. The Morgan fingerprint density at radius 1 is 1.00 bits per heavy atom. The molecule has 0 radical (unpaired) electrons. The van der Waals surface area contributed by atoms with E-state index in [4.69, 9.17) is 16.3 Å². The maximum atomic E-state index is 12.0. The van der Waals surface area contributed by atoms with Gasteiger partial charge >= 0.3 is 5.97 Å². The molecule has 0 N–H and O–H groups in total. The molecule has 23 heavy (non-hydrogen) atoms. The van der Waals surface area contributed by atoms with Crippen molar-refractivity contribution in [1.29, 1.82) is 0 Å². The molecule has 0 unspecified atom stereocenters. The van der Waals surface area contributed by atoms with Crippen molar-refractivity contribution in [2.24, 2.45) is 0 Å². The van der Waals surface area contributed by atoms with Crippen molar-refractivity contribution in [2.45, 2.75) is 0 Å². The molecule has 0 saturated heterocycles. The number of rotatable bonds is 3. The Bertz CT molecular complexity index is 787. The number of ether oxygens (including phenoxy) is 1. The summed E-state index contributed by atoms with van der Waals surface area (Å²) in [6.07, 6.45) is 3.58. The molecule has 2 aromatic rings. The highest BCUT2D eigenvalue weighted by Gasteiger charge is 2.21. The zero-order chi connectivity index (χ0) is 16.4. The van der Waals surface area contributed by atoms with E-state index in [1.54, 1.807) is 18.2 Å². The van der Waals surface area contributed by atoms with Crippen molar-refractivity contribution in [2.75, 3.05) is 19.0 Å². The van der Waals surface area contributed by atoms with Gasteiger partial charge in [-0.1, -0.05) is 23.7 Å². The summed E-state index contributed by atoms with van der Waals surface area (Å²) >= 11 is 5.88. The minimum Gasteiger partial charge on any atom is -0.422 e. The van der Waals surface area contributed by atoms with E-state index in [2.05, 4.69) is 0 Å². The van der Waals surface area contributed by atoms with Gasteiger partial charge in [0.25, 0.3) is 0 Å². The van der Waals surface area contributed by atoms with Crippen molar-refractivity contribution in [1.82, 2.24) is 0 Å². The van der Waals surface area contributed by atoms with Crippen LogP contribution in [0.25, 0.3) is 11.8 Å². The van der Waals surface area contributed by atoms with Crippen LogP contribution >= 0.6 is 11.6 Å². The first kappa shape index (κ1) is 15.4. The van der Waals surface area contributed by atoms with Gasteiger partial charge in [-0.2, -0.15) is 0 Å². The van der Waals surface area contributed by atoms with Crippen LogP contribution in [0.15, 0.2) is 60.2 Å². The number of carbonyl (C=O) groups excluding carboxylic acids is 1. The molecule has 0 aromatic heterocycles. The molecule has 4 heteroatoms. The minimum atomic E-state index is -0.341. The number of hydrogen-bond donors (Lipinski definition) is 0. The Labute approximate surface area is 140 Å². The molecule has 0 fully saturated rings. The maximum Gasteiger partial charge on any atom is 0.343 e. The number of hydrogen-bond acceptors (Lipinski definition) is 3. The highest BCUT2D eigenvalue weighted by atomic mass is 35.5. The standard InChI is InChI=1S/C19H16ClNO2/c1-21(2)17-9-3-13(4-10-17)11-15-12-18(23-19(15)22)14-5-7-16(20)8-6-14/h3-12H,1-2H3/b15-11+. The Kier molecular flexibility index (Phi) is 4.22. The zero-order valence-electron chi connectivity index (χ0n) is 12.9. The molecule has 0 saturated carbocycles. The minimum absolute atomic E-state index is 0.341. The van der Waals surface area contributed by atoms with Crippen molar-refractivity contribution in [3.63, 3.8) is 0 Å². The number of esters is 1. The molecule has 0 atom stereocenters. The predicted octanol–water partition coefficient (Wildman–Crippen LogP) is 4.39. The van der Waals surface area contributed by atoms with Gasteiger partial charge in [0.2, 0.25) is 0 Å². The van der Waals surface area contributed by atoms with E-state index in [0.29, 0.717) is 16.4 Å². The van der Waals surface area contributed by atoms with Crippen molar-refractivity contribution in [3.8, 4) is 0 Å². The fourth-order valence-electron chi connectivity index (χ4n) is 2.29. The summed E-state index contributed by atoms with van der Waals surface area (Å²) in [4.78, 5) is 14.1. The Hall–Kier alpha value is -2.52. The first-order chi connectivity index (χ1) is 11.0.